The summed E-state index contributed by atoms with van der Waals surface area (Å²) in [5, 5.41) is 11.3. The maximum Gasteiger partial charge on any atom is 0.113 e. The number of hydrogen-bond acceptors (Lipinski definition) is 2. The molecule has 1 unspecified atom stereocenters. The fraction of sp³-hybridized carbons (Fsp3) is 0.400. The molecule has 0 spiro atoms. The largest absolute Gasteiger partial charge is 0.374 e. The summed E-state index contributed by atoms with van der Waals surface area (Å²) in [6.45, 7) is 0.0862. The molecule has 3 nitrogen and oxygen atoms in total. The van der Waals surface area contributed by atoms with Crippen molar-refractivity contribution in [1.82, 2.24) is 0 Å². The van der Waals surface area contributed by atoms with Crippen LogP contribution in [0.3, 0.4) is 0 Å². The third-order valence-corrected chi connectivity index (χ3v) is 2.46. The lowest BCUT2D eigenvalue weighted by Gasteiger charge is -2.12. The molecule has 0 fully saturated rings. The van der Waals surface area contributed by atoms with Gasteiger partial charge in [0.05, 0.1) is 0 Å². The third-order valence-electron chi connectivity index (χ3n) is 2.10. The molecule has 0 aliphatic heterocycles. The first kappa shape index (κ1) is 11.5. The fourth-order valence-corrected chi connectivity index (χ4v) is 1.50. The minimum atomic E-state index is -0.431. The first-order chi connectivity index (χ1) is 6.72. The maximum atomic E-state index is 10.7. The number of halogens is 1. The second-order valence-electron chi connectivity index (χ2n) is 2.95. The monoisotopic (exact) mass is 214 g/mol. The van der Waals surface area contributed by atoms with E-state index in [1.807, 2.05) is 12.1 Å². The van der Waals surface area contributed by atoms with E-state index in [9.17, 15) is 5.11 Å². The predicted octanol–water partition coefficient (Wildman–Crippen LogP) is 1.92. The van der Waals surface area contributed by atoms with E-state index in [0.29, 0.717) is 11.6 Å². The average molecular weight is 215 g/mol. The van der Waals surface area contributed by atoms with Gasteiger partial charge in [-0.3, -0.25) is 0 Å². The van der Waals surface area contributed by atoms with E-state index in [-0.39, 0.29) is 6.61 Å². The van der Waals surface area contributed by atoms with Gasteiger partial charge in [0.2, 0.25) is 0 Å². The van der Waals surface area contributed by atoms with E-state index >= 15 is 0 Å². The zero-order chi connectivity index (χ0) is 10.6. The Morgan fingerprint density at radius 2 is 2.29 bits per heavy atom. The Balaban J connectivity index is 2.95. The van der Waals surface area contributed by atoms with Gasteiger partial charge < -0.3 is 10.5 Å². The third kappa shape index (κ3) is 2.45. The molecule has 1 atom stereocenters. The van der Waals surface area contributed by atoms with Crippen LogP contribution in [0.25, 0.3) is 0 Å². The summed E-state index contributed by atoms with van der Waals surface area (Å²) in [6.07, 6.45) is -0.431. The van der Waals surface area contributed by atoms with Crippen molar-refractivity contribution >= 4 is 11.6 Å². The lowest BCUT2D eigenvalue weighted by Crippen LogP contribution is -2.06. The predicted molar refractivity (Wildman–Crippen MR) is 54.6 cm³/mol. The number of nitrogens with two attached hydrogens (primary N) is 1. The quantitative estimate of drug-likeness (QED) is 0.833. The summed E-state index contributed by atoms with van der Waals surface area (Å²) in [6, 6.07) is 5.37. The molecule has 0 heterocycles. The van der Waals surface area contributed by atoms with Gasteiger partial charge in [-0.25, -0.2) is 5.11 Å². The number of rotatable bonds is 4. The van der Waals surface area contributed by atoms with Gasteiger partial charge in [0.25, 0.3) is 0 Å². The van der Waals surface area contributed by atoms with Crippen molar-refractivity contribution in [3.05, 3.63) is 34.3 Å². The summed E-state index contributed by atoms with van der Waals surface area (Å²) in [5.41, 5.74) is 7.13. The van der Waals surface area contributed by atoms with Crippen LogP contribution in [-0.2, 0) is 16.4 Å². The second kappa shape index (κ2) is 5.32. The molecule has 1 aromatic rings. The summed E-state index contributed by atoms with van der Waals surface area (Å²) >= 11 is 5.95. The van der Waals surface area contributed by atoms with Crippen LogP contribution >= 0.6 is 11.6 Å². The highest BCUT2D eigenvalue weighted by Gasteiger charge is 2.11. The lowest BCUT2D eigenvalue weighted by atomic mass is 10.1. The average Bonchev–Trinajstić information content (AvgIpc) is 2.20. The second-order valence-corrected chi connectivity index (χ2v) is 3.35. The highest BCUT2D eigenvalue weighted by molar-refractivity contribution is 6.31. The van der Waals surface area contributed by atoms with Gasteiger partial charge in [0.1, 0.15) is 12.7 Å². The first-order valence-corrected chi connectivity index (χ1v) is 4.70. The van der Waals surface area contributed by atoms with Crippen LogP contribution in [0, 0.1) is 0 Å². The molecule has 2 N–H and O–H groups in total. The summed E-state index contributed by atoms with van der Waals surface area (Å²) in [7, 11) is 1.51. The SMILES string of the molecule is COC(C[O])c1ccc(CN)c(Cl)c1. The molecule has 1 rings (SSSR count). The Kier molecular flexibility index (Phi) is 4.35. The van der Waals surface area contributed by atoms with E-state index in [0.717, 1.165) is 11.1 Å². The molecule has 0 amide bonds. The smallest absolute Gasteiger partial charge is 0.113 e. The van der Waals surface area contributed by atoms with Crippen LogP contribution in [-0.4, -0.2) is 13.7 Å². The molecular weight excluding hydrogens is 202 g/mol. The van der Waals surface area contributed by atoms with Gasteiger partial charge in [-0.1, -0.05) is 23.7 Å². The normalized spacial score (nSPS) is 12.9. The van der Waals surface area contributed by atoms with Crippen molar-refractivity contribution in [3.8, 4) is 0 Å². The summed E-state index contributed by atoms with van der Waals surface area (Å²) in [4.78, 5) is 0. The van der Waals surface area contributed by atoms with Crippen LogP contribution < -0.4 is 5.73 Å². The van der Waals surface area contributed by atoms with E-state index in [4.69, 9.17) is 22.1 Å². The minimum absolute atomic E-state index is 0.311. The van der Waals surface area contributed by atoms with Crippen molar-refractivity contribution in [1.29, 1.82) is 0 Å². The number of benzene rings is 1. The van der Waals surface area contributed by atoms with Gasteiger partial charge in [-0.05, 0) is 17.2 Å². The highest BCUT2D eigenvalue weighted by atomic mass is 35.5. The lowest BCUT2D eigenvalue weighted by molar-refractivity contribution is 0.0194. The number of methoxy groups -OCH3 is 1. The van der Waals surface area contributed by atoms with Gasteiger partial charge in [0, 0.05) is 18.7 Å². The Bertz CT molecular complexity index is 300. The maximum absolute atomic E-state index is 10.7. The highest BCUT2D eigenvalue weighted by Crippen LogP contribution is 2.23. The van der Waals surface area contributed by atoms with Crippen molar-refractivity contribution in [2.24, 2.45) is 5.73 Å². The van der Waals surface area contributed by atoms with Crippen molar-refractivity contribution < 1.29 is 9.84 Å². The molecular formula is C10H13ClNO2. The van der Waals surface area contributed by atoms with Crippen LogP contribution in [0.4, 0.5) is 0 Å². The Morgan fingerprint density at radius 3 is 2.71 bits per heavy atom. The fourth-order valence-electron chi connectivity index (χ4n) is 1.23. The molecule has 14 heavy (non-hydrogen) atoms. The van der Waals surface area contributed by atoms with Gasteiger partial charge >= 0.3 is 0 Å². The molecule has 0 aromatic heterocycles. The van der Waals surface area contributed by atoms with E-state index in [2.05, 4.69) is 0 Å². The first-order valence-electron chi connectivity index (χ1n) is 4.32. The Hall–Kier alpha value is -0.610. The van der Waals surface area contributed by atoms with Gasteiger partial charge in [-0.2, -0.15) is 0 Å². The van der Waals surface area contributed by atoms with E-state index in [1.165, 1.54) is 7.11 Å². The van der Waals surface area contributed by atoms with Crippen LogP contribution in [0.15, 0.2) is 18.2 Å². The van der Waals surface area contributed by atoms with Crippen molar-refractivity contribution in [3.63, 3.8) is 0 Å². The molecule has 1 aromatic carbocycles. The standard InChI is InChI=1S/C10H13ClNO2/c1-14-10(6-13)7-2-3-8(5-12)9(11)4-7/h2-4,10H,5-6,12H2,1H3. The topological polar surface area (TPSA) is 55.1 Å². The minimum Gasteiger partial charge on any atom is -0.374 e. The van der Waals surface area contributed by atoms with Gasteiger partial charge in [0.15, 0.2) is 0 Å². The van der Waals surface area contributed by atoms with Crippen molar-refractivity contribution in [2.75, 3.05) is 13.7 Å². The summed E-state index contributed by atoms with van der Waals surface area (Å²) < 4.78 is 5.01. The Labute approximate surface area is 88.4 Å². The van der Waals surface area contributed by atoms with Crippen LogP contribution in [0.2, 0.25) is 5.02 Å². The zero-order valence-corrected chi connectivity index (χ0v) is 8.75. The molecule has 0 bridgehead atoms. The van der Waals surface area contributed by atoms with Crippen molar-refractivity contribution in [2.45, 2.75) is 12.6 Å². The molecule has 0 aliphatic rings. The molecule has 0 saturated heterocycles. The zero-order valence-electron chi connectivity index (χ0n) is 8.00. The number of hydrogen-bond donors (Lipinski definition) is 1. The Morgan fingerprint density at radius 1 is 1.57 bits per heavy atom. The molecule has 4 heteroatoms. The molecule has 0 saturated carbocycles. The number of ether oxygens (including phenoxy) is 1. The van der Waals surface area contributed by atoms with E-state index in [1.54, 1.807) is 6.07 Å². The molecule has 0 aliphatic carbocycles. The van der Waals surface area contributed by atoms with Gasteiger partial charge in [-0.15, -0.1) is 0 Å². The van der Waals surface area contributed by atoms with Crippen LogP contribution in [0.5, 0.6) is 0 Å². The molecule has 1 radical (unpaired) electrons. The summed E-state index contributed by atoms with van der Waals surface area (Å²) in [5.74, 6) is 0. The van der Waals surface area contributed by atoms with E-state index < -0.39 is 6.10 Å². The molecule has 77 valence electrons. The van der Waals surface area contributed by atoms with Crippen LogP contribution in [0.1, 0.15) is 17.2 Å².